The number of alkyl halides is 13. The maximum atomic E-state index is 14.4. The molecular formula is C21H39F13O4Si4. The van der Waals surface area contributed by atoms with E-state index in [4.69, 9.17) is 16.8 Å². The van der Waals surface area contributed by atoms with Gasteiger partial charge in [-0.1, -0.05) is 6.92 Å². The predicted octanol–water partition coefficient (Wildman–Crippen LogP) is 9.54. The van der Waals surface area contributed by atoms with Crippen LogP contribution in [0.15, 0.2) is 0 Å². The van der Waals surface area contributed by atoms with Crippen molar-refractivity contribution in [3.05, 3.63) is 0 Å². The average molecular weight is 715 g/mol. The van der Waals surface area contributed by atoms with Gasteiger partial charge < -0.3 is 16.8 Å². The van der Waals surface area contributed by atoms with Gasteiger partial charge in [0.25, 0.3) is 0 Å². The maximum absolute atomic E-state index is 14.4. The molecule has 0 radical (unpaired) electrons. The van der Waals surface area contributed by atoms with Gasteiger partial charge in [-0.25, -0.2) is 0 Å². The second-order valence-electron chi connectivity index (χ2n) is 12.3. The van der Waals surface area contributed by atoms with Gasteiger partial charge in [-0.05, 0) is 71.1 Å². The minimum absolute atomic E-state index is 0.160. The molecule has 0 N–H and O–H groups in total. The lowest BCUT2D eigenvalue weighted by molar-refractivity contribution is -0.440. The van der Waals surface area contributed by atoms with Crippen LogP contribution in [-0.4, -0.2) is 76.4 Å². The van der Waals surface area contributed by atoms with E-state index in [0.29, 0.717) is 0 Å². The molecular weight excluding hydrogens is 676 g/mol. The molecule has 0 saturated carbocycles. The standard InChI is InChI=1S/C21H39F13O4Si4/c1-11-35-42(10,37-40(6,7)8)38-41(9,36-39(3,4)5)14-15(2)12-13-16(22,23)17(24,25)18(26,27)19(28,29)20(30,31)21(32,33)34/h15H,11-14H2,1-10H3. The van der Waals surface area contributed by atoms with Crippen molar-refractivity contribution in [2.45, 2.75) is 121 Å². The van der Waals surface area contributed by atoms with Gasteiger partial charge in [0.15, 0.2) is 16.6 Å². The number of hydrogen-bond donors (Lipinski definition) is 0. The van der Waals surface area contributed by atoms with Crippen LogP contribution in [0.5, 0.6) is 0 Å². The van der Waals surface area contributed by atoms with Crippen molar-refractivity contribution in [2.75, 3.05) is 6.61 Å². The quantitative estimate of drug-likeness (QED) is 0.111. The maximum Gasteiger partial charge on any atom is 0.478 e. The Morgan fingerprint density at radius 3 is 1.33 bits per heavy atom. The highest BCUT2D eigenvalue weighted by atomic mass is 28.5. The van der Waals surface area contributed by atoms with Crippen LogP contribution >= 0.6 is 0 Å². The Bertz CT molecular complexity index is 895. The Labute approximate surface area is 241 Å². The molecule has 0 amide bonds. The molecule has 0 aromatic carbocycles. The third-order valence-electron chi connectivity index (χ3n) is 5.49. The van der Waals surface area contributed by atoms with E-state index in [-0.39, 0.29) is 12.7 Å². The van der Waals surface area contributed by atoms with E-state index in [1.165, 1.54) is 13.5 Å². The Morgan fingerprint density at radius 2 is 0.976 bits per heavy atom. The average Bonchev–Trinajstić information content (AvgIpc) is 2.67. The van der Waals surface area contributed by atoms with Crippen molar-refractivity contribution in [1.82, 2.24) is 0 Å². The molecule has 0 aromatic rings. The number of hydrogen-bond acceptors (Lipinski definition) is 4. The SMILES string of the molecule is CCO[Si](C)(O[Si](C)(C)C)O[Si](C)(CC(C)CCC(F)(F)C(F)(F)C(F)(F)C(F)(F)C(F)(F)C(F)(F)F)O[Si](C)(C)C. The summed E-state index contributed by atoms with van der Waals surface area (Å²) in [5, 5.41) is 0. The lowest BCUT2D eigenvalue weighted by Gasteiger charge is -2.42. The molecule has 21 heteroatoms. The first kappa shape index (κ1) is 41.8. The largest absolute Gasteiger partial charge is 0.478 e. The van der Waals surface area contributed by atoms with E-state index in [1.54, 1.807) is 33.1 Å². The fourth-order valence-electron chi connectivity index (χ4n) is 4.16. The van der Waals surface area contributed by atoms with Crippen LogP contribution in [0.3, 0.4) is 0 Å². The van der Waals surface area contributed by atoms with Crippen molar-refractivity contribution in [3.63, 3.8) is 0 Å². The van der Waals surface area contributed by atoms with E-state index in [9.17, 15) is 57.1 Å². The van der Waals surface area contributed by atoms with Gasteiger partial charge in [-0.15, -0.1) is 0 Å². The van der Waals surface area contributed by atoms with Gasteiger partial charge >= 0.3 is 53.2 Å². The molecule has 3 unspecified atom stereocenters. The van der Waals surface area contributed by atoms with E-state index < -0.39 is 88.5 Å². The summed E-state index contributed by atoms with van der Waals surface area (Å²) >= 11 is 0. The van der Waals surface area contributed by atoms with Crippen LogP contribution in [0.2, 0.25) is 58.4 Å². The highest BCUT2D eigenvalue weighted by Gasteiger charge is 2.90. The van der Waals surface area contributed by atoms with E-state index in [1.807, 2.05) is 19.6 Å². The molecule has 0 fully saturated rings. The molecule has 254 valence electrons. The first-order valence-corrected chi connectivity index (χ1v) is 24.3. The highest BCUT2D eigenvalue weighted by Crippen LogP contribution is 2.61. The Kier molecular flexibility index (Phi) is 12.8. The summed E-state index contributed by atoms with van der Waals surface area (Å²) < 4.78 is 199. The summed E-state index contributed by atoms with van der Waals surface area (Å²) in [6, 6.07) is -0.220. The fourth-order valence-corrected chi connectivity index (χ4v) is 21.1. The number of rotatable bonds is 17. The monoisotopic (exact) mass is 714 g/mol. The smallest absolute Gasteiger partial charge is 0.437 e. The Balaban J connectivity index is 6.17. The van der Waals surface area contributed by atoms with Gasteiger partial charge in [0.2, 0.25) is 0 Å². The Morgan fingerprint density at radius 1 is 0.571 bits per heavy atom. The molecule has 42 heavy (non-hydrogen) atoms. The van der Waals surface area contributed by atoms with Crippen LogP contribution in [-0.2, 0) is 16.8 Å². The summed E-state index contributed by atoms with van der Waals surface area (Å²) in [5.41, 5.74) is 0. The zero-order valence-corrected chi connectivity index (χ0v) is 29.0. The van der Waals surface area contributed by atoms with Crippen molar-refractivity contribution < 1.29 is 73.8 Å². The summed E-state index contributed by atoms with van der Waals surface area (Å²) in [4.78, 5) is 0. The van der Waals surface area contributed by atoms with Gasteiger partial charge in [0.1, 0.15) is 0 Å². The summed E-state index contributed by atoms with van der Waals surface area (Å²) in [6.45, 7) is 17.0. The van der Waals surface area contributed by atoms with Crippen molar-refractivity contribution >= 4 is 34.0 Å². The second-order valence-corrected chi connectivity index (χ2v) is 27.9. The fraction of sp³-hybridized carbons (Fsp3) is 1.00. The van der Waals surface area contributed by atoms with Gasteiger partial charge in [-0.2, -0.15) is 57.1 Å². The zero-order chi connectivity index (χ0) is 34.2. The minimum Gasteiger partial charge on any atom is -0.437 e. The molecule has 0 rings (SSSR count). The van der Waals surface area contributed by atoms with Gasteiger partial charge in [0.05, 0.1) is 0 Å². The molecule has 0 heterocycles. The third-order valence-corrected chi connectivity index (χ3v) is 19.1. The van der Waals surface area contributed by atoms with Crippen LogP contribution < -0.4 is 0 Å². The van der Waals surface area contributed by atoms with Crippen LogP contribution in [0.4, 0.5) is 57.1 Å². The van der Waals surface area contributed by atoms with Crippen LogP contribution in [0, 0.1) is 5.92 Å². The Hall–Kier alpha value is -0.202. The van der Waals surface area contributed by atoms with Gasteiger partial charge in [-0.3, -0.25) is 0 Å². The third kappa shape index (κ3) is 9.90. The van der Waals surface area contributed by atoms with Gasteiger partial charge in [0, 0.05) is 19.6 Å². The van der Waals surface area contributed by atoms with E-state index >= 15 is 0 Å². The molecule has 0 aliphatic carbocycles. The molecule has 0 bridgehead atoms. The topological polar surface area (TPSA) is 36.9 Å². The predicted molar refractivity (Wildman–Crippen MR) is 139 cm³/mol. The second kappa shape index (κ2) is 12.9. The summed E-state index contributed by atoms with van der Waals surface area (Å²) in [7, 11) is -11.7. The minimum atomic E-state index is -7.91. The van der Waals surface area contributed by atoms with Crippen molar-refractivity contribution in [1.29, 1.82) is 0 Å². The molecule has 0 aliphatic rings. The summed E-state index contributed by atoms with van der Waals surface area (Å²) in [6.07, 6.45) is -10.8. The molecule has 0 aromatic heterocycles. The number of halogens is 13. The van der Waals surface area contributed by atoms with Crippen molar-refractivity contribution in [3.8, 4) is 0 Å². The molecule has 0 saturated heterocycles. The molecule has 0 aliphatic heterocycles. The molecule has 0 spiro atoms. The van der Waals surface area contributed by atoms with Crippen LogP contribution in [0.25, 0.3) is 0 Å². The first-order chi connectivity index (χ1) is 18.0. The lowest BCUT2D eigenvalue weighted by atomic mass is 9.90. The first-order valence-electron chi connectivity index (χ1n) is 12.7. The van der Waals surface area contributed by atoms with Crippen LogP contribution in [0.1, 0.15) is 26.7 Å². The lowest BCUT2D eigenvalue weighted by Crippen LogP contribution is -2.70. The van der Waals surface area contributed by atoms with E-state index in [2.05, 4.69) is 0 Å². The van der Waals surface area contributed by atoms with Crippen molar-refractivity contribution in [2.24, 2.45) is 5.92 Å². The summed E-state index contributed by atoms with van der Waals surface area (Å²) in [5.74, 6) is -38.0. The normalized spacial score (nSPS) is 18.9. The highest BCUT2D eigenvalue weighted by molar-refractivity contribution is 6.88. The zero-order valence-electron chi connectivity index (χ0n) is 25.0. The molecule has 4 nitrogen and oxygen atoms in total. The van der Waals surface area contributed by atoms with E-state index in [0.717, 1.165) is 0 Å². The molecule has 3 atom stereocenters.